The summed E-state index contributed by atoms with van der Waals surface area (Å²) in [5.74, 6) is 1.01. The first-order valence-electron chi connectivity index (χ1n) is 7.24. The molecule has 104 valence electrons. The number of ether oxygens (including phenoxy) is 1. The molecule has 0 bridgehead atoms. The summed E-state index contributed by atoms with van der Waals surface area (Å²) in [5, 5.41) is 11.8. The number of hydrogen-bond acceptors (Lipinski definition) is 4. The highest BCUT2D eigenvalue weighted by Gasteiger charge is 2.23. The van der Waals surface area contributed by atoms with Crippen LogP contribution in [0.3, 0.4) is 0 Å². The van der Waals surface area contributed by atoms with E-state index >= 15 is 0 Å². The average molecular weight is 270 g/mol. The van der Waals surface area contributed by atoms with Gasteiger partial charge in [-0.05, 0) is 24.5 Å². The molecule has 1 aliphatic carbocycles. The van der Waals surface area contributed by atoms with Gasteiger partial charge in [-0.2, -0.15) is 0 Å². The number of rotatable bonds is 5. The lowest BCUT2D eigenvalue weighted by Gasteiger charge is -2.09. The predicted octanol–water partition coefficient (Wildman–Crippen LogP) is 1.53. The molecule has 1 atom stereocenters. The molecule has 1 fully saturated rings. The van der Waals surface area contributed by atoms with E-state index < -0.39 is 0 Å². The Balaban J connectivity index is 1.35. The molecular weight excluding hydrogens is 252 g/mol. The highest BCUT2D eigenvalue weighted by atomic mass is 16.5. The van der Waals surface area contributed by atoms with Gasteiger partial charge in [-0.1, -0.05) is 23.4 Å². The summed E-state index contributed by atoms with van der Waals surface area (Å²) in [6, 6.07) is 8.93. The van der Waals surface area contributed by atoms with Crippen LogP contribution >= 0.6 is 0 Å². The number of aromatic nitrogens is 3. The normalized spacial score (nSPS) is 20.7. The maximum atomic E-state index is 5.92. The van der Waals surface area contributed by atoms with Gasteiger partial charge in [0, 0.05) is 25.2 Å². The standard InChI is InChI=1S/C15H18N4O/c1-2-4-15-11(3-1)7-14(20-15)10-19-9-13(17-18-19)8-16-12-5-6-12/h1-4,9,12,14,16H,5-8,10H2. The van der Waals surface area contributed by atoms with Crippen molar-refractivity contribution in [2.24, 2.45) is 0 Å². The van der Waals surface area contributed by atoms with Gasteiger partial charge in [0.05, 0.1) is 12.2 Å². The Kier molecular flexibility index (Phi) is 2.92. The molecule has 0 amide bonds. The van der Waals surface area contributed by atoms with E-state index in [4.69, 9.17) is 4.74 Å². The van der Waals surface area contributed by atoms with E-state index in [1.54, 1.807) is 0 Å². The first kappa shape index (κ1) is 11.9. The fraction of sp³-hybridized carbons (Fsp3) is 0.467. The lowest BCUT2D eigenvalue weighted by molar-refractivity contribution is 0.202. The number of nitrogens with zero attached hydrogens (tertiary/aromatic N) is 3. The molecule has 2 heterocycles. The fourth-order valence-corrected chi connectivity index (χ4v) is 2.61. The number of fused-ring (bicyclic) bond motifs is 1. The second-order valence-corrected chi connectivity index (χ2v) is 5.64. The van der Waals surface area contributed by atoms with Crippen molar-refractivity contribution in [1.82, 2.24) is 20.3 Å². The Morgan fingerprint density at radius 1 is 1.30 bits per heavy atom. The number of nitrogens with one attached hydrogen (secondary N) is 1. The van der Waals surface area contributed by atoms with Gasteiger partial charge in [-0.15, -0.1) is 5.10 Å². The van der Waals surface area contributed by atoms with Gasteiger partial charge in [-0.25, -0.2) is 4.68 Å². The highest BCUT2D eigenvalue weighted by molar-refractivity contribution is 5.37. The van der Waals surface area contributed by atoms with Crippen molar-refractivity contribution in [1.29, 1.82) is 0 Å². The van der Waals surface area contributed by atoms with Crippen molar-refractivity contribution in [2.45, 2.75) is 44.5 Å². The van der Waals surface area contributed by atoms with Crippen LogP contribution in [-0.4, -0.2) is 27.1 Å². The molecule has 1 aliphatic heterocycles. The van der Waals surface area contributed by atoms with Crippen LogP contribution in [0.4, 0.5) is 0 Å². The van der Waals surface area contributed by atoms with Gasteiger partial charge in [0.15, 0.2) is 0 Å². The molecule has 1 N–H and O–H groups in total. The molecule has 1 saturated carbocycles. The highest BCUT2D eigenvalue weighted by Crippen LogP contribution is 2.28. The van der Waals surface area contributed by atoms with Crippen molar-refractivity contribution < 1.29 is 4.74 Å². The monoisotopic (exact) mass is 270 g/mol. The molecule has 2 aromatic rings. The number of para-hydroxylation sites is 1. The summed E-state index contributed by atoms with van der Waals surface area (Å²) in [7, 11) is 0. The van der Waals surface area contributed by atoms with Crippen LogP contribution in [0.15, 0.2) is 30.5 Å². The van der Waals surface area contributed by atoms with Crippen LogP contribution < -0.4 is 10.1 Å². The minimum atomic E-state index is 0.165. The van der Waals surface area contributed by atoms with Crippen molar-refractivity contribution in [2.75, 3.05) is 0 Å². The minimum absolute atomic E-state index is 0.165. The third kappa shape index (κ3) is 2.54. The third-order valence-corrected chi connectivity index (χ3v) is 3.84. The van der Waals surface area contributed by atoms with Crippen LogP contribution in [0, 0.1) is 0 Å². The van der Waals surface area contributed by atoms with E-state index in [1.165, 1.54) is 18.4 Å². The van der Waals surface area contributed by atoms with E-state index in [0.29, 0.717) is 6.04 Å². The summed E-state index contributed by atoms with van der Waals surface area (Å²) < 4.78 is 7.81. The van der Waals surface area contributed by atoms with E-state index in [9.17, 15) is 0 Å². The van der Waals surface area contributed by atoms with Crippen molar-refractivity contribution in [3.63, 3.8) is 0 Å². The third-order valence-electron chi connectivity index (χ3n) is 3.84. The quantitative estimate of drug-likeness (QED) is 0.895. The van der Waals surface area contributed by atoms with Gasteiger partial charge >= 0.3 is 0 Å². The van der Waals surface area contributed by atoms with Crippen molar-refractivity contribution in [3.05, 3.63) is 41.7 Å². The molecule has 1 unspecified atom stereocenters. The molecule has 1 aromatic heterocycles. The maximum absolute atomic E-state index is 5.92. The molecule has 0 saturated heterocycles. The summed E-state index contributed by atoms with van der Waals surface area (Å²) in [6.45, 7) is 1.57. The molecular formula is C15H18N4O. The predicted molar refractivity (Wildman–Crippen MR) is 74.4 cm³/mol. The lowest BCUT2D eigenvalue weighted by Crippen LogP contribution is -2.21. The lowest BCUT2D eigenvalue weighted by atomic mass is 10.1. The second-order valence-electron chi connectivity index (χ2n) is 5.64. The molecule has 20 heavy (non-hydrogen) atoms. The minimum Gasteiger partial charge on any atom is -0.488 e. The van der Waals surface area contributed by atoms with Gasteiger partial charge in [0.1, 0.15) is 11.9 Å². The number of benzene rings is 1. The zero-order valence-corrected chi connectivity index (χ0v) is 11.3. The Labute approximate surface area is 117 Å². The van der Waals surface area contributed by atoms with Crippen LogP contribution in [-0.2, 0) is 19.5 Å². The van der Waals surface area contributed by atoms with Crippen molar-refractivity contribution >= 4 is 0 Å². The smallest absolute Gasteiger partial charge is 0.123 e. The molecule has 0 spiro atoms. The molecule has 4 rings (SSSR count). The molecule has 0 radical (unpaired) electrons. The van der Waals surface area contributed by atoms with Crippen LogP contribution in [0.25, 0.3) is 0 Å². The summed E-state index contributed by atoms with van der Waals surface area (Å²) >= 11 is 0. The van der Waals surface area contributed by atoms with E-state index in [2.05, 4.69) is 27.8 Å². The van der Waals surface area contributed by atoms with Crippen LogP contribution in [0.5, 0.6) is 5.75 Å². The molecule has 5 heteroatoms. The first-order chi connectivity index (χ1) is 9.87. The molecule has 2 aliphatic rings. The zero-order chi connectivity index (χ0) is 13.4. The summed E-state index contributed by atoms with van der Waals surface area (Å²) in [5.41, 5.74) is 2.29. The molecule has 1 aromatic carbocycles. The second kappa shape index (κ2) is 4.90. The van der Waals surface area contributed by atoms with Gasteiger partial charge < -0.3 is 10.1 Å². The maximum Gasteiger partial charge on any atom is 0.123 e. The Morgan fingerprint density at radius 3 is 3.05 bits per heavy atom. The fourth-order valence-electron chi connectivity index (χ4n) is 2.61. The van der Waals surface area contributed by atoms with Crippen molar-refractivity contribution in [3.8, 4) is 5.75 Å². The number of hydrogen-bond donors (Lipinski definition) is 1. The largest absolute Gasteiger partial charge is 0.488 e. The van der Waals surface area contributed by atoms with Gasteiger partial charge in [0.2, 0.25) is 0 Å². The van der Waals surface area contributed by atoms with E-state index in [-0.39, 0.29) is 6.10 Å². The van der Waals surface area contributed by atoms with Gasteiger partial charge in [-0.3, -0.25) is 0 Å². The summed E-state index contributed by atoms with van der Waals surface area (Å²) in [4.78, 5) is 0. The Hall–Kier alpha value is -1.88. The topological polar surface area (TPSA) is 52.0 Å². The average Bonchev–Trinajstić information content (AvgIpc) is 3.04. The SMILES string of the molecule is c1ccc2c(c1)CC(Cn1cc(CNC3CC3)nn1)O2. The van der Waals surface area contributed by atoms with Crippen LogP contribution in [0.2, 0.25) is 0 Å². The van der Waals surface area contributed by atoms with E-state index in [0.717, 1.165) is 31.0 Å². The zero-order valence-electron chi connectivity index (χ0n) is 11.3. The Morgan fingerprint density at radius 2 is 2.20 bits per heavy atom. The first-order valence-corrected chi connectivity index (χ1v) is 7.24. The van der Waals surface area contributed by atoms with E-state index in [1.807, 2.05) is 23.0 Å². The van der Waals surface area contributed by atoms with Crippen LogP contribution in [0.1, 0.15) is 24.1 Å². The Bertz CT molecular complexity index is 580. The van der Waals surface area contributed by atoms with Gasteiger partial charge in [0.25, 0.3) is 0 Å². The summed E-state index contributed by atoms with van der Waals surface area (Å²) in [6.07, 6.45) is 5.72. The molecule has 5 nitrogen and oxygen atoms in total.